The number of halogens is 3. The van der Waals surface area contributed by atoms with Gasteiger partial charge in [-0.15, -0.1) is 0 Å². The molecule has 2 atom stereocenters. The van der Waals surface area contributed by atoms with Crippen LogP contribution < -0.4 is 10.6 Å². The maximum absolute atomic E-state index is 12.5. The van der Waals surface area contributed by atoms with Crippen molar-refractivity contribution in [3.8, 4) is 0 Å². The van der Waals surface area contributed by atoms with Crippen molar-refractivity contribution >= 4 is 17.5 Å². The van der Waals surface area contributed by atoms with E-state index in [2.05, 4.69) is 10.6 Å². The normalized spacial score (nSPS) is 22.5. The average molecular weight is 338 g/mol. The molecule has 3 rings (SSSR count). The van der Waals surface area contributed by atoms with E-state index in [1.807, 2.05) is 0 Å². The van der Waals surface area contributed by atoms with E-state index >= 15 is 0 Å². The number of amides is 2. The van der Waals surface area contributed by atoms with Gasteiger partial charge in [-0.05, 0) is 24.3 Å². The third-order valence-corrected chi connectivity index (χ3v) is 3.77. The molecule has 0 fully saturated rings. The molecule has 1 aliphatic heterocycles. The highest BCUT2D eigenvalue weighted by atomic mass is 19.4. The van der Waals surface area contributed by atoms with Crippen molar-refractivity contribution in [1.82, 2.24) is 5.32 Å². The summed E-state index contributed by atoms with van der Waals surface area (Å²) in [6.45, 7) is 0.247. The molecule has 5 nitrogen and oxygen atoms in total. The number of Topliss-reactive ketones (excluding diaryl/α,β-unsaturated/α-hetero) is 1. The van der Waals surface area contributed by atoms with Crippen LogP contribution in [0.25, 0.3) is 0 Å². The summed E-state index contributed by atoms with van der Waals surface area (Å²) in [7, 11) is 0. The molecule has 2 aliphatic rings. The molecule has 0 saturated heterocycles. The van der Waals surface area contributed by atoms with Crippen LogP contribution in [0.1, 0.15) is 5.56 Å². The lowest BCUT2D eigenvalue weighted by Crippen LogP contribution is -2.46. The van der Waals surface area contributed by atoms with Gasteiger partial charge in [0.05, 0.1) is 17.7 Å². The monoisotopic (exact) mass is 338 g/mol. The number of nitrogens with one attached hydrogen (secondary N) is 2. The molecule has 0 radical (unpaired) electrons. The topological polar surface area (TPSA) is 67.4 Å². The van der Waals surface area contributed by atoms with E-state index < -0.39 is 29.7 Å². The second kappa shape index (κ2) is 6.03. The second-order valence-electron chi connectivity index (χ2n) is 5.42. The van der Waals surface area contributed by atoms with E-state index in [9.17, 15) is 22.8 Å². The number of ether oxygens (including phenoxy) is 1. The molecule has 126 valence electrons. The number of hydrogen-bond donors (Lipinski definition) is 2. The number of alkyl halides is 3. The number of hydrogen-bond acceptors (Lipinski definition) is 3. The van der Waals surface area contributed by atoms with E-state index in [4.69, 9.17) is 4.74 Å². The second-order valence-corrected chi connectivity index (χ2v) is 5.42. The molecule has 8 heteroatoms. The fourth-order valence-corrected chi connectivity index (χ4v) is 2.51. The van der Waals surface area contributed by atoms with Crippen LogP contribution >= 0.6 is 0 Å². The highest BCUT2D eigenvalue weighted by molar-refractivity contribution is 5.98. The van der Waals surface area contributed by atoms with E-state index in [0.29, 0.717) is 0 Å². The molecule has 2 N–H and O–H groups in total. The van der Waals surface area contributed by atoms with Gasteiger partial charge in [-0.2, -0.15) is 13.2 Å². The zero-order valence-corrected chi connectivity index (χ0v) is 12.3. The van der Waals surface area contributed by atoms with Gasteiger partial charge in [0.15, 0.2) is 5.78 Å². The smallest absolute Gasteiger partial charge is 0.416 e. The summed E-state index contributed by atoms with van der Waals surface area (Å²) in [5.41, 5.74) is 0.151. The maximum Gasteiger partial charge on any atom is 0.416 e. The Hall–Kier alpha value is -2.77. The molecule has 1 aliphatic carbocycles. The van der Waals surface area contributed by atoms with Crippen molar-refractivity contribution in [3.05, 3.63) is 53.8 Å². The van der Waals surface area contributed by atoms with Crippen molar-refractivity contribution in [2.24, 2.45) is 5.92 Å². The summed E-state index contributed by atoms with van der Waals surface area (Å²) >= 11 is 0. The number of allylic oxidation sites excluding steroid dienone is 1. The van der Waals surface area contributed by atoms with Gasteiger partial charge in [-0.3, -0.25) is 4.79 Å². The molecule has 0 spiro atoms. The van der Waals surface area contributed by atoms with E-state index in [1.165, 1.54) is 6.26 Å². The van der Waals surface area contributed by atoms with Gasteiger partial charge in [0.2, 0.25) is 0 Å². The lowest BCUT2D eigenvalue weighted by Gasteiger charge is -2.22. The number of fused-ring (bicyclic) bond motifs is 1. The minimum Gasteiger partial charge on any atom is -0.500 e. The van der Waals surface area contributed by atoms with Crippen LogP contribution in [0, 0.1) is 5.92 Å². The zero-order valence-electron chi connectivity index (χ0n) is 12.3. The quantitative estimate of drug-likeness (QED) is 0.871. The number of rotatable bonds is 2. The molecular formula is C16H13F3N2O3. The van der Waals surface area contributed by atoms with Crippen LogP contribution in [-0.2, 0) is 15.7 Å². The summed E-state index contributed by atoms with van der Waals surface area (Å²) < 4.78 is 42.5. The summed E-state index contributed by atoms with van der Waals surface area (Å²) in [5.74, 6) is -0.588. The molecule has 0 bridgehead atoms. The number of carbonyl (C=O) groups excluding carboxylic acids is 2. The first-order chi connectivity index (χ1) is 11.3. The highest BCUT2D eigenvalue weighted by Crippen LogP contribution is 2.30. The van der Waals surface area contributed by atoms with E-state index in [-0.39, 0.29) is 18.1 Å². The minimum atomic E-state index is -4.44. The van der Waals surface area contributed by atoms with Crippen LogP contribution in [-0.4, -0.2) is 24.5 Å². The zero-order chi connectivity index (χ0) is 17.3. The molecule has 24 heavy (non-hydrogen) atoms. The summed E-state index contributed by atoms with van der Waals surface area (Å²) in [5, 5.41) is 4.88. The van der Waals surface area contributed by atoms with Gasteiger partial charge in [-0.25, -0.2) is 4.79 Å². The predicted octanol–water partition coefficient (Wildman–Crippen LogP) is 2.86. The number of benzene rings is 1. The van der Waals surface area contributed by atoms with Crippen molar-refractivity contribution in [2.45, 2.75) is 12.2 Å². The largest absolute Gasteiger partial charge is 0.500 e. The molecule has 0 aromatic heterocycles. The van der Waals surface area contributed by atoms with Crippen molar-refractivity contribution in [1.29, 1.82) is 0 Å². The van der Waals surface area contributed by atoms with Crippen LogP contribution in [0.15, 0.2) is 48.3 Å². The maximum atomic E-state index is 12.5. The first kappa shape index (κ1) is 16.1. The molecule has 1 aromatic carbocycles. The number of anilines is 1. The Morgan fingerprint density at radius 2 is 1.92 bits per heavy atom. The van der Waals surface area contributed by atoms with Gasteiger partial charge < -0.3 is 15.4 Å². The molecule has 2 unspecified atom stereocenters. The van der Waals surface area contributed by atoms with Crippen molar-refractivity contribution < 1.29 is 27.5 Å². The fourth-order valence-electron chi connectivity index (χ4n) is 2.51. The van der Waals surface area contributed by atoms with E-state index in [1.54, 1.807) is 12.2 Å². The van der Waals surface area contributed by atoms with Crippen LogP contribution in [0.5, 0.6) is 0 Å². The number of ketones is 1. The first-order valence-corrected chi connectivity index (χ1v) is 7.13. The average Bonchev–Trinajstić information content (AvgIpc) is 2.99. The molecule has 0 saturated carbocycles. The Morgan fingerprint density at radius 3 is 2.58 bits per heavy atom. The van der Waals surface area contributed by atoms with Gasteiger partial charge in [0.1, 0.15) is 12.6 Å². The van der Waals surface area contributed by atoms with Gasteiger partial charge in [0.25, 0.3) is 0 Å². The Kier molecular flexibility index (Phi) is 4.04. The molecule has 2 amide bonds. The standard InChI is InChI=1S/C16H13F3N2O3/c17-16(18,19)10-2-4-11(5-3-10)20-15(23)21-13-6-1-9-7-24-8-12(9)14(13)22/h1-7,12-13H,8H2,(H2,20,21,23). The lowest BCUT2D eigenvalue weighted by molar-refractivity contribution is -0.137. The Bertz CT molecular complexity index is 723. The Labute approximate surface area is 135 Å². The SMILES string of the molecule is O=C(Nc1ccc(C(F)(F)F)cc1)NC1C=CC2=COCC2C1=O. The summed E-state index contributed by atoms with van der Waals surface area (Å²) in [6, 6.07) is 2.55. The lowest BCUT2D eigenvalue weighted by atomic mass is 9.87. The van der Waals surface area contributed by atoms with Gasteiger partial charge in [0, 0.05) is 11.3 Å². The number of carbonyl (C=O) groups is 2. The molecular weight excluding hydrogens is 325 g/mol. The molecule has 1 heterocycles. The summed E-state index contributed by atoms with van der Waals surface area (Å²) in [6.07, 6.45) is 0.333. The van der Waals surface area contributed by atoms with Crippen LogP contribution in [0.4, 0.5) is 23.7 Å². The van der Waals surface area contributed by atoms with E-state index in [0.717, 1.165) is 29.8 Å². The minimum absolute atomic E-state index is 0.191. The van der Waals surface area contributed by atoms with Crippen LogP contribution in [0.3, 0.4) is 0 Å². The van der Waals surface area contributed by atoms with Gasteiger partial charge in [-0.1, -0.05) is 12.2 Å². The van der Waals surface area contributed by atoms with Crippen molar-refractivity contribution in [2.75, 3.05) is 11.9 Å². The fraction of sp³-hybridized carbons (Fsp3) is 0.250. The van der Waals surface area contributed by atoms with Gasteiger partial charge >= 0.3 is 12.2 Å². The Morgan fingerprint density at radius 1 is 1.21 bits per heavy atom. The highest BCUT2D eigenvalue weighted by Gasteiger charge is 2.35. The predicted molar refractivity (Wildman–Crippen MR) is 79.1 cm³/mol. The number of urea groups is 1. The summed E-state index contributed by atoms with van der Waals surface area (Å²) in [4.78, 5) is 24.1. The van der Waals surface area contributed by atoms with Crippen LogP contribution in [0.2, 0.25) is 0 Å². The van der Waals surface area contributed by atoms with Crippen molar-refractivity contribution in [3.63, 3.8) is 0 Å². The Balaban J connectivity index is 1.61. The third-order valence-electron chi connectivity index (χ3n) is 3.77. The first-order valence-electron chi connectivity index (χ1n) is 7.13. The molecule has 1 aromatic rings. The third kappa shape index (κ3) is 3.27.